The highest BCUT2D eigenvalue weighted by molar-refractivity contribution is 5.98. The number of carbonyl (C=O) groups excluding carboxylic acids is 1. The molecule has 0 saturated carbocycles. The first-order valence-corrected chi connectivity index (χ1v) is 9.19. The van der Waals surface area contributed by atoms with Gasteiger partial charge < -0.3 is 0 Å². The Kier molecular flexibility index (Phi) is 4.57. The molecule has 0 aromatic heterocycles. The number of hydrogen-bond acceptors (Lipinski definition) is 3. The van der Waals surface area contributed by atoms with Gasteiger partial charge in [0.05, 0.1) is 17.2 Å². The van der Waals surface area contributed by atoms with Crippen LogP contribution in [0.4, 0.5) is 4.39 Å². The Morgan fingerprint density at radius 1 is 1.12 bits per heavy atom. The first-order valence-electron chi connectivity index (χ1n) is 9.19. The third-order valence-corrected chi connectivity index (χ3v) is 5.82. The van der Waals surface area contributed by atoms with Crippen LogP contribution in [0.3, 0.4) is 0 Å². The lowest BCUT2D eigenvalue weighted by Crippen LogP contribution is -2.44. The average molecular weight is 348 g/mol. The zero-order chi connectivity index (χ0) is 18.1. The van der Waals surface area contributed by atoms with Gasteiger partial charge in [-0.05, 0) is 49.4 Å². The molecule has 2 aromatic carbocycles. The Morgan fingerprint density at radius 2 is 1.81 bits per heavy atom. The number of benzene rings is 2. The van der Waals surface area contributed by atoms with Crippen LogP contribution in [0, 0.1) is 23.1 Å². The Labute approximate surface area is 153 Å². The third kappa shape index (κ3) is 3.15. The van der Waals surface area contributed by atoms with Crippen LogP contribution in [0.25, 0.3) is 0 Å². The molecule has 0 N–H and O–H groups in total. The van der Waals surface area contributed by atoms with Gasteiger partial charge in [0, 0.05) is 24.5 Å². The largest absolute Gasteiger partial charge is 0.294 e. The Bertz CT molecular complexity index is 844. The van der Waals surface area contributed by atoms with E-state index < -0.39 is 5.82 Å². The fourth-order valence-electron chi connectivity index (χ4n) is 4.54. The molecule has 132 valence electrons. The van der Waals surface area contributed by atoms with Crippen molar-refractivity contribution < 1.29 is 9.18 Å². The topological polar surface area (TPSA) is 44.1 Å². The molecular formula is C22H21FN2O. The highest BCUT2D eigenvalue weighted by Gasteiger charge is 2.43. The zero-order valence-electron chi connectivity index (χ0n) is 14.6. The molecular weight excluding hydrogens is 327 g/mol. The standard InChI is InChI=1S/C22H21FN2O/c23-21-9-6-16(13-24)10-20(21)22(26)17-11-18-7-8-19(12-17)25(18)14-15-4-2-1-3-5-15/h1-6,9-10,17-19H,7-8,11-12,14H2. The van der Waals surface area contributed by atoms with E-state index in [2.05, 4.69) is 29.2 Å². The van der Waals surface area contributed by atoms with Crippen molar-refractivity contribution in [2.45, 2.75) is 44.3 Å². The minimum atomic E-state index is -0.520. The van der Waals surface area contributed by atoms with Crippen LogP contribution in [0.15, 0.2) is 48.5 Å². The van der Waals surface area contributed by atoms with Crippen LogP contribution in [0.2, 0.25) is 0 Å². The number of fused-ring (bicyclic) bond motifs is 2. The van der Waals surface area contributed by atoms with Crippen LogP contribution in [-0.2, 0) is 6.54 Å². The van der Waals surface area contributed by atoms with Gasteiger partial charge in [0.15, 0.2) is 5.78 Å². The van der Waals surface area contributed by atoms with Crippen molar-refractivity contribution in [2.75, 3.05) is 0 Å². The maximum absolute atomic E-state index is 14.1. The summed E-state index contributed by atoms with van der Waals surface area (Å²) < 4.78 is 14.1. The molecule has 0 spiro atoms. The van der Waals surface area contributed by atoms with E-state index in [0.717, 1.165) is 32.2 Å². The number of ketones is 1. The van der Waals surface area contributed by atoms with Gasteiger partial charge in [-0.25, -0.2) is 4.39 Å². The number of carbonyl (C=O) groups is 1. The second-order valence-electron chi connectivity index (χ2n) is 7.38. The van der Waals surface area contributed by atoms with E-state index in [0.29, 0.717) is 17.6 Å². The van der Waals surface area contributed by atoms with Crippen molar-refractivity contribution >= 4 is 5.78 Å². The van der Waals surface area contributed by atoms with Gasteiger partial charge in [-0.2, -0.15) is 5.26 Å². The second-order valence-corrected chi connectivity index (χ2v) is 7.38. The number of nitriles is 1. The minimum absolute atomic E-state index is 0.0740. The quantitative estimate of drug-likeness (QED) is 0.773. The van der Waals surface area contributed by atoms with Crippen LogP contribution < -0.4 is 0 Å². The summed E-state index contributed by atoms with van der Waals surface area (Å²) in [6.45, 7) is 0.912. The number of hydrogen-bond donors (Lipinski definition) is 0. The molecule has 2 fully saturated rings. The molecule has 0 radical (unpaired) electrons. The molecule has 26 heavy (non-hydrogen) atoms. The van der Waals surface area contributed by atoms with E-state index in [-0.39, 0.29) is 17.3 Å². The number of halogens is 1. The van der Waals surface area contributed by atoms with Crippen molar-refractivity contribution in [1.29, 1.82) is 5.26 Å². The summed E-state index contributed by atoms with van der Waals surface area (Å²) in [5.74, 6) is -0.813. The normalized spacial score (nSPS) is 25.0. The van der Waals surface area contributed by atoms with Gasteiger partial charge in [-0.3, -0.25) is 9.69 Å². The van der Waals surface area contributed by atoms with E-state index in [4.69, 9.17) is 5.26 Å². The molecule has 2 bridgehead atoms. The number of Topliss-reactive ketones (excluding diaryl/α,β-unsaturated/α-hetero) is 1. The SMILES string of the molecule is N#Cc1ccc(F)c(C(=O)C2CC3CCC(C2)N3Cc2ccccc2)c1. The summed E-state index contributed by atoms with van der Waals surface area (Å²) in [5.41, 5.74) is 1.70. The highest BCUT2D eigenvalue weighted by atomic mass is 19.1. The molecule has 2 heterocycles. The predicted octanol–water partition coefficient (Wildman–Crippen LogP) is 4.32. The van der Waals surface area contributed by atoms with Gasteiger partial charge in [0.2, 0.25) is 0 Å². The lowest BCUT2D eigenvalue weighted by molar-refractivity contribution is 0.0674. The molecule has 3 nitrogen and oxygen atoms in total. The zero-order valence-corrected chi connectivity index (χ0v) is 14.6. The van der Waals surface area contributed by atoms with Gasteiger partial charge >= 0.3 is 0 Å². The van der Waals surface area contributed by atoms with Crippen molar-refractivity contribution in [1.82, 2.24) is 4.90 Å². The summed E-state index contributed by atoms with van der Waals surface area (Å²) in [4.78, 5) is 15.4. The number of nitrogens with zero attached hydrogens (tertiary/aromatic N) is 2. The van der Waals surface area contributed by atoms with Crippen LogP contribution >= 0.6 is 0 Å². The van der Waals surface area contributed by atoms with E-state index >= 15 is 0 Å². The van der Waals surface area contributed by atoms with Crippen LogP contribution in [-0.4, -0.2) is 22.8 Å². The lowest BCUT2D eigenvalue weighted by atomic mass is 9.84. The Balaban J connectivity index is 1.50. The predicted molar refractivity (Wildman–Crippen MR) is 97.0 cm³/mol. The van der Waals surface area contributed by atoms with Gasteiger partial charge in [0.25, 0.3) is 0 Å². The number of piperidine rings is 1. The van der Waals surface area contributed by atoms with Crippen molar-refractivity contribution in [3.63, 3.8) is 0 Å². The van der Waals surface area contributed by atoms with Gasteiger partial charge in [0.1, 0.15) is 5.82 Å². The summed E-state index contributed by atoms with van der Waals surface area (Å²) in [6, 6.07) is 17.2. The second kappa shape index (κ2) is 7.01. The Hall–Kier alpha value is -2.51. The van der Waals surface area contributed by atoms with E-state index in [1.807, 2.05) is 12.1 Å². The van der Waals surface area contributed by atoms with Gasteiger partial charge in [-0.1, -0.05) is 30.3 Å². The lowest BCUT2D eigenvalue weighted by Gasteiger charge is -2.38. The smallest absolute Gasteiger partial charge is 0.169 e. The summed E-state index contributed by atoms with van der Waals surface area (Å²) in [7, 11) is 0. The maximum atomic E-state index is 14.1. The molecule has 2 atom stereocenters. The molecule has 4 heteroatoms. The molecule has 2 aromatic rings. The van der Waals surface area contributed by atoms with Crippen LogP contribution in [0.5, 0.6) is 0 Å². The Morgan fingerprint density at radius 3 is 2.46 bits per heavy atom. The first-order chi connectivity index (χ1) is 12.7. The van der Waals surface area contributed by atoms with E-state index in [1.165, 1.54) is 23.8 Å². The highest BCUT2D eigenvalue weighted by Crippen LogP contribution is 2.40. The molecule has 2 aliphatic heterocycles. The molecule has 0 aliphatic carbocycles. The molecule has 0 amide bonds. The van der Waals surface area contributed by atoms with Crippen molar-refractivity contribution in [3.8, 4) is 6.07 Å². The fraction of sp³-hybridized carbons (Fsp3) is 0.364. The summed E-state index contributed by atoms with van der Waals surface area (Å²) >= 11 is 0. The molecule has 2 unspecified atom stereocenters. The van der Waals surface area contributed by atoms with Crippen molar-refractivity contribution in [3.05, 3.63) is 71.0 Å². The maximum Gasteiger partial charge on any atom is 0.169 e. The summed E-state index contributed by atoms with van der Waals surface area (Å²) in [5, 5.41) is 9.02. The van der Waals surface area contributed by atoms with Gasteiger partial charge in [-0.15, -0.1) is 0 Å². The average Bonchev–Trinajstić information content (AvgIpc) is 2.90. The van der Waals surface area contributed by atoms with E-state index in [9.17, 15) is 9.18 Å². The monoisotopic (exact) mass is 348 g/mol. The molecule has 4 rings (SSSR count). The van der Waals surface area contributed by atoms with Crippen LogP contribution in [0.1, 0.15) is 47.2 Å². The number of rotatable bonds is 4. The van der Waals surface area contributed by atoms with Crippen molar-refractivity contribution in [2.24, 2.45) is 5.92 Å². The molecule has 2 aliphatic rings. The first kappa shape index (κ1) is 16.9. The molecule has 2 saturated heterocycles. The van der Waals surface area contributed by atoms with E-state index in [1.54, 1.807) is 0 Å². The fourth-order valence-corrected chi connectivity index (χ4v) is 4.54. The summed E-state index contributed by atoms with van der Waals surface area (Å²) in [6.07, 6.45) is 3.75. The minimum Gasteiger partial charge on any atom is -0.294 e. The third-order valence-electron chi connectivity index (χ3n) is 5.82.